The van der Waals surface area contributed by atoms with Crippen LogP contribution in [-0.4, -0.2) is 54.8 Å². The third-order valence-corrected chi connectivity index (χ3v) is 10.9. The lowest BCUT2D eigenvalue weighted by Gasteiger charge is -2.43. The van der Waals surface area contributed by atoms with Gasteiger partial charge in [0.15, 0.2) is 0 Å². The van der Waals surface area contributed by atoms with E-state index in [2.05, 4.69) is 12.2 Å². The summed E-state index contributed by atoms with van der Waals surface area (Å²) in [5, 5.41) is 22.2. The number of aromatic hydroxyl groups is 2. The molecule has 0 unspecified atom stereocenters. The number of benzene rings is 2. The van der Waals surface area contributed by atoms with Crippen LogP contribution >= 0.6 is 11.8 Å². The number of carbonyl (C=O) groups is 1. The van der Waals surface area contributed by atoms with Crippen LogP contribution in [0.2, 0.25) is 0 Å². The third kappa shape index (κ3) is 10.7. The largest absolute Gasteiger partial charge is 0.508 e. The van der Waals surface area contributed by atoms with Crippen molar-refractivity contribution in [3.8, 4) is 11.5 Å². The number of phenolic OH excluding ortho intramolecular Hbond substituents is 2. The molecule has 2 aromatic carbocycles. The Hall–Kier alpha value is -2.74. The molecule has 14 heteroatoms. The number of thioether (sulfide) groups is 1. The van der Waals surface area contributed by atoms with Crippen LogP contribution in [0.1, 0.15) is 88.2 Å². The summed E-state index contributed by atoms with van der Waals surface area (Å²) in [5.74, 6) is -4.43. The number of nitrogens with one attached hydrogen (secondary N) is 2. The Bertz CT molecular complexity index is 1370. The number of fused-ring (bicyclic) bond motifs is 1. The van der Waals surface area contributed by atoms with E-state index in [0.717, 1.165) is 55.6 Å². The average molecular weight is 681 g/mol. The van der Waals surface area contributed by atoms with E-state index < -0.39 is 46.7 Å². The molecule has 0 bridgehead atoms. The topological polar surface area (TPSA) is 116 Å². The molecule has 4 N–H and O–H groups in total. The van der Waals surface area contributed by atoms with E-state index in [1.54, 1.807) is 34.7 Å². The van der Waals surface area contributed by atoms with Crippen molar-refractivity contribution in [2.24, 2.45) is 0 Å². The maximum atomic E-state index is 12.9. The molecule has 7 nitrogen and oxygen atoms in total. The molecule has 0 radical (unpaired) electrons. The van der Waals surface area contributed by atoms with Crippen LogP contribution in [0.3, 0.4) is 0 Å². The first-order valence-electron chi connectivity index (χ1n) is 15.0. The SMILES string of the molecule is C[C@]1(c2ccc(O)cc2)CSc2cc(O)ccc2[C@H]1CCCCCCCCCNC(=O)NS(=O)(=O)CCCC(F)(F)C(F)(F)F. The number of halogens is 5. The summed E-state index contributed by atoms with van der Waals surface area (Å²) < 4.78 is 87.7. The highest BCUT2D eigenvalue weighted by atomic mass is 32.2. The minimum atomic E-state index is -5.76. The van der Waals surface area contributed by atoms with Gasteiger partial charge < -0.3 is 15.5 Å². The molecule has 0 saturated carbocycles. The van der Waals surface area contributed by atoms with Crippen molar-refractivity contribution in [3.05, 3.63) is 53.6 Å². The van der Waals surface area contributed by atoms with Gasteiger partial charge >= 0.3 is 18.1 Å². The quantitative estimate of drug-likeness (QED) is 0.106. The van der Waals surface area contributed by atoms with Gasteiger partial charge in [0, 0.05) is 29.0 Å². The van der Waals surface area contributed by atoms with Crippen LogP contribution in [0.25, 0.3) is 0 Å². The van der Waals surface area contributed by atoms with Gasteiger partial charge in [-0.25, -0.2) is 17.9 Å². The van der Waals surface area contributed by atoms with E-state index in [1.807, 2.05) is 24.3 Å². The Morgan fingerprint density at radius 2 is 1.51 bits per heavy atom. The van der Waals surface area contributed by atoms with Crippen molar-refractivity contribution in [2.75, 3.05) is 18.1 Å². The van der Waals surface area contributed by atoms with Gasteiger partial charge in [-0.2, -0.15) is 22.0 Å². The number of amides is 2. The molecular weight excluding hydrogens is 639 g/mol. The molecule has 1 heterocycles. The third-order valence-electron chi connectivity index (χ3n) is 8.22. The molecular formula is C31H41F5N2O5S2. The van der Waals surface area contributed by atoms with Crippen molar-refractivity contribution in [3.63, 3.8) is 0 Å². The molecule has 3 rings (SSSR count). The first-order chi connectivity index (χ1) is 21.0. The molecule has 2 aromatic rings. The molecule has 0 spiro atoms. The predicted molar refractivity (Wildman–Crippen MR) is 165 cm³/mol. The van der Waals surface area contributed by atoms with E-state index in [1.165, 1.54) is 11.1 Å². The Morgan fingerprint density at radius 3 is 2.16 bits per heavy atom. The zero-order chi connectivity index (χ0) is 33.3. The molecule has 1 aliphatic rings. The summed E-state index contributed by atoms with van der Waals surface area (Å²) in [6.45, 7) is 2.45. The van der Waals surface area contributed by atoms with Gasteiger partial charge in [0.2, 0.25) is 10.0 Å². The second kappa shape index (κ2) is 15.7. The number of alkyl halides is 5. The number of hydrogen-bond acceptors (Lipinski definition) is 6. The van der Waals surface area contributed by atoms with Gasteiger partial charge in [-0.3, -0.25) is 0 Å². The minimum absolute atomic E-state index is 0.136. The zero-order valence-electron chi connectivity index (χ0n) is 25.1. The zero-order valence-corrected chi connectivity index (χ0v) is 26.8. The van der Waals surface area contributed by atoms with Gasteiger partial charge in [-0.1, -0.05) is 63.6 Å². The Morgan fingerprint density at radius 1 is 0.911 bits per heavy atom. The van der Waals surface area contributed by atoms with Crippen molar-refractivity contribution in [2.45, 2.75) is 99.5 Å². The minimum Gasteiger partial charge on any atom is -0.508 e. The van der Waals surface area contributed by atoms with Crippen LogP contribution in [0.4, 0.5) is 26.7 Å². The number of urea groups is 1. The first-order valence-corrected chi connectivity index (χ1v) is 17.7. The molecule has 252 valence electrons. The van der Waals surface area contributed by atoms with Crippen molar-refractivity contribution in [1.82, 2.24) is 10.0 Å². The number of hydrogen-bond donors (Lipinski definition) is 4. The molecule has 1 aliphatic heterocycles. The molecule has 45 heavy (non-hydrogen) atoms. The predicted octanol–water partition coefficient (Wildman–Crippen LogP) is 7.97. The maximum absolute atomic E-state index is 12.9. The molecule has 0 saturated heterocycles. The molecule has 0 aromatic heterocycles. The highest BCUT2D eigenvalue weighted by molar-refractivity contribution is 7.99. The summed E-state index contributed by atoms with van der Waals surface area (Å²) in [6.07, 6.45) is -1.03. The molecule has 2 atom stereocenters. The van der Waals surface area contributed by atoms with E-state index in [-0.39, 0.29) is 29.4 Å². The number of carbonyl (C=O) groups excluding carboxylic acids is 1. The number of sulfonamides is 1. The van der Waals surface area contributed by atoms with Gasteiger partial charge in [-0.15, -0.1) is 11.8 Å². The number of unbranched alkanes of at least 4 members (excludes halogenated alkanes) is 6. The fraction of sp³-hybridized carbons (Fsp3) is 0.581. The van der Waals surface area contributed by atoms with Crippen LogP contribution in [0, 0.1) is 0 Å². The Labute approximate surface area is 265 Å². The highest BCUT2D eigenvalue weighted by Gasteiger charge is 2.56. The van der Waals surface area contributed by atoms with Crippen LogP contribution in [0.15, 0.2) is 47.4 Å². The Kier molecular flexibility index (Phi) is 12.8. The van der Waals surface area contributed by atoms with E-state index >= 15 is 0 Å². The lowest BCUT2D eigenvalue weighted by atomic mass is 9.68. The summed E-state index contributed by atoms with van der Waals surface area (Å²) in [7, 11) is -4.35. The van der Waals surface area contributed by atoms with Crippen molar-refractivity contribution >= 4 is 27.8 Å². The average Bonchev–Trinajstić information content (AvgIpc) is 2.94. The van der Waals surface area contributed by atoms with E-state index in [4.69, 9.17) is 0 Å². The van der Waals surface area contributed by atoms with Crippen LogP contribution < -0.4 is 10.0 Å². The fourth-order valence-electron chi connectivity index (χ4n) is 5.62. The highest BCUT2D eigenvalue weighted by Crippen LogP contribution is 2.52. The second-order valence-corrected chi connectivity index (χ2v) is 14.6. The maximum Gasteiger partial charge on any atom is 0.453 e. The van der Waals surface area contributed by atoms with Gasteiger partial charge in [-0.05, 0) is 60.6 Å². The smallest absolute Gasteiger partial charge is 0.453 e. The number of rotatable bonds is 16. The Balaban J connectivity index is 1.33. The fourth-order valence-corrected chi connectivity index (χ4v) is 8.01. The molecule has 0 aliphatic carbocycles. The van der Waals surface area contributed by atoms with Crippen LogP contribution in [-0.2, 0) is 15.4 Å². The molecule has 2 amide bonds. The summed E-state index contributed by atoms with van der Waals surface area (Å²) >= 11 is 1.74. The van der Waals surface area contributed by atoms with E-state index in [0.29, 0.717) is 6.42 Å². The van der Waals surface area contributed by atoms with Crippen molar-refractivity contribution < 1.29 is 45.4 Å². The summed E-state index contributed by atoms with van der Waals surface area (Å²) in [4.78, 5) is 12.9. The molecule has 0 fully saturated rings. The standard InChI is InChI=1S/C31H41F5N2O5S2/c1-29(22-11-13-23(39)14-12-22)21-44-27-20-24(40)15-16-25(27)26(29)10-7-5-3-2-4-6-8-18-37-28(41)38-45(42,43)19-9-17-30(32,33)31(34,35)36/h11-16,20,26,39-40H,2-10,17-19,21H2,1H3,(H2,37,38,41)/t26-,29-/m1/s1. The normalized spacial score (nSPS) is 18.8. The van der Waals surface area contributed by atoms with Crippen LogP contribution in [0.5, 0.6) is 11.5 Å². The first kappa shape index (κ1) is 36.7. The lowest BCUT2D eigenvalue weighted by molar-refractivity contribution is -0.284. The lowest BCUT2D eigenvalue weighted by Crippen LogP contribution is -2.41. The summed E-state index contributed by atoms with van der Waals surface area (Å²) in [5.41, 5.74) is 2.26. The number of phenols is 2. The van der Waals surface area contributed by atoms with Gasteiger partial charge in [0.05, 0.1) is 5.75 Å². The summed E-state index contributed by atoms with van der Waals surface area (Å²) in [6, 6.07) is 11.9. The van der Waals surface area contributed by atoms with Gasteiger partial charge in [0.25, 0.3) is 0 Å². The monoisotopic (exact) mass is 680 g/mol. The van der Waals surface area contributed by atoms with Crippen molar-refractivity contribution in [1.29, 1.82) is 0 Å². The van der Waals surface area contributed by atoms with E-state index in [9.17, 15) is 45.4 Å². The van der Waals surface area contributed by atoms with Gasteiger partial charge in [0.1, 0.15) is 11.5 Å². The second-order valence-electron chi connectivity index (χ2n) is 11.8.